The maximum atomic E-state index is 12.4. The number of ketones is 1. The van der Waals surface area contributed by atoms with Crippen LogP contribution >= 0.6 is 11.6 Å². The lowest BCUT2D eigenvalue weighted by molar-refractivity contribution is -0.140. The number of rotatable bonds is 6. The lowest BCUT2D eigenvalue weighted by Crippen LogP contribution is -2.55. The molecular formula is C19H24ClFN2O7. The van der Waals surface area contributed by atoms with Crippen LogP contribution in [0.15, 0.2) is 18.2 Å². The molecule has 0 aliphatic carbocycles. The molecule has 2 atom stereocenters. The van der Waals surface area contributed by atoms with Crippen LogP contribution in [0.5, 0.6) is 5.75 Å². The molecule has 4 N–H and O–H groups in total. The highest BCUT2D eigenvalue weighted by Crippen LogP contribution is 2.19. The third-order valence-electron chi connectivity index (χ3n) is 4.29. The van der Waals surface area contributed by atoms with Gasteiger partial charge in [0.05, 0.1) is 6.42 Å². The van der Waals surface area contributed by atoms with Gasteiger partial charge < -0.3 is 20.6 Å². The number of aromatic hydroxyl groups is 1. The lowest BCUT2D eigenvalue weighted by Gasteiger charge is -2.33. The third-order valence-corrected chi connectivity index (χ3v) is 4.51. The van der Waals surface area contributed by atoms with E-state index in [4.69, 9.17) is 26.9 Å². The average Bonchev–Trinajstić information content (AvgIpc) is 2.65. The first-order valence-electron chi connectivity index (χ1n) is 9.11. The van der Waals surface area contributed by atoms with E-state index in [-0.39, 0.29) is 18.7 Å². The molecule has 11 heteroatoms. The average molecular weight is 447 g/mol. The van der Waals surface area contributed by atoms with Crippen molar-refractivity contribution in [2.75, 3.05) is 13.2 Å². The molecular weight excluding hydrogens is 423 g/mol. The number of nitrogens with zero attached hydrogens (tertiary/aromatic N) is 1. The zero-order valence-corrected chi connectivity index (χ0v) is 17.1. The highest BCUT2D eigenvalue weighted by Gasteiger charge is 2.34. The second-order valence-electron chi connectivity index (χ2n) is 6.73. The van der Waals surface area contributed by atoms with Crippen LogP contribution in [0.25, 0.3) is 0 Å². The summed E-state index contributed by atoms with van der Waals surface area (Å²) in [5.41, 5.74) is 0.972. The van der Waals surface area contributed by atoms with Crippen LogP contribution in [0.1, 0.15) is 31.2 Å². The summed E-state index contributed by atoms with van der Waals surface area (Å²) in [6.07, 6.45) is -0.460. The van der Waals surface area contributed by atoms with Crippen LogP contribution in [0.3, 0.4) is 0 Å². The van der Waals surface area contributed by atoms with Gasteiger partial charge in [-0.3, -0.25) is 19.3 Å². The van der Waals surface area contributed by atoms with E-state index in [0.29, 0.717) is 17.9 Å². The molecule has 0 saturated carbocycles. The van der Waals surface area contributed by atoms with Crippen LogP contribution in [0.2, 0.25) is 5.02 Å². The molecule has 1 saturated heterocycles. The Morgan fingerprint density at radius 3 is 2.40 bits per heavy atom. The number of hydrogen-bond acceptors (Lipinski definition) is 5. The highest BCUT2D eigenvalue weighted by atomic mass is 35.5. The number of piperidine rings is 1. The van der Waals surface area contributed by atoms with Crippen LogP contribution < -0.4 is 5.32 Å². The normalized spacial score (nSPS) is 16.6. The lowest BCUT2D eigenvalue weighted by atomic mass is 10.0. The SMILES string of the molecule is Cc1cc(O)cc(Cl)c1.O=C(O)CC(NC(=O)C1CCCCN1C(=O)O)C(=O)CF. The van der Waals surface area contributed by atoms with E-state index in [1.54, 1.807) is 12.1 Å². The molecule has 0 spiro atoms. The minimum Gasteiger partial charge on any atom is -0.508 e. The second kappa shape index (κ2) is 12.0. The van der Waals surface area contributed by atoms with Crippen LogP contribution in [0.4, 0.5) is 9.18 Å². The number of amides is 2. The number of phenols is 1. The Bertz CT molecular complexity index is 740. The zero-order chi connectivity index (χ0) is 22.8. The Morgan fingerprint density at radius 2 is 1.90 bits per heavy atom. The number of alkyl halides is 1. The predicted octanol–water partition coefficient (Wildman–Crippen LogP) is 2.37. The molecule has 2 rings (SSSR count). The van der Waals surface area contributed by atoms with Gasteiger partial charge in [-0.05, 0) is 49.9 Å². The number of carboxylic acid groups (broad SMARTS) is 2. The number of phenolic OH excluding ortho intramolecular Hbond substituents is 1. The van der Waals surface area contributed by atoms with E-state index < -0.39 is 48.9 Å². The molecule has 1 aromatic rings. The van der Waals surface area contributed by atoms with Crippen LogP contribution in [-0.2, 0) is 14.4 Å². The van der Waals surface area contributed by atoms with E-state index in [1.165, 1.54) is 6.07 Å². The minimum absolute atomic E-state index is 0.189. The maximum absolute atomic E-state index is 12.4. The molecule has 0 bridgehead atoms. The van der Waals surface area contributed by atoms with Crippen molar-refractivity contribution in [2.45, 2.75) is 44.7 Å². The smallest absolute Gasteiger partial charge is 0.407 e. The molecule has 1 aliphatic rings. The molecule has 9 nitrogen and oxygen atoms in total. The molecule has 2 unspecified atom stereocenters. The van der Waals surface area contributed by atoms with Gasteiger partial charge in [0.15, 0.2) is 5.78 Å². The number of aryl methyl sites for hydroxylation is 1. The fourth-order valence-electron chi connectivity index (χ4n) is 2.93. The summed E-state index contributed by atoms with van der Waals surface area (Å²) in [5.74, 6) is -2.96. The largest absolute Gasteiger partial charge is 0.508 e. The number of Topliss-reactive ketones (excluding diaryl/α,β-unsaturated/α-hetero) is 1. The van der Waals surface area contributed by atoms with E-state index in [2.05, 4.69) is 5.32 Å². The Balaban J connectivity index is 0.000000414. The molecule has 1 aliphatic heterocycles. The Hall–Kier alpha value is -2.88. The van der Waals surface area contributed by atoms with Crippen LogP contribution in [-0.4, -0.2) is 69.3 Å². The summed E-state index contributed by atoms with van der Waals surface area (Å²) in [6.45, 7) is 0.672. The molecule has 0 radical (unpaired) electrons. The Morgan fingerprint density at radius 1 is 1.23 bits per heavy atom. The number of aliphatic carboxylic acids is 1. The van der Waals surface area contributed by atoms with Gasteiger partial charge in [0.1, 0.15) is 24.5 Å². The number of carbonyl (C=O) groups excluding carboxylic acids is 2. The fourth-order valence-corrected chi connectivity index (χ4v) is 3.22. The summed E-state index contributed by atoms with van der Waals surface area (Å²) in [4.78, 5) is 46.0. The van der Waals surface area contributed by atoms with E-state index in [9.17, 15) is 23.6 Å². The van der Waals surface area contributed by atoms with E-state index in [0.717, 1.165) is 10.5 Å². The van der Waals surface area contributed by atoms with Gasteiger partial charge in [-0.25, -0.2) is 9.18 Å². The first-order valence-corrected chi connectivity index (χ1v) is 9.49. The van der Waals surface area contributed by atoms with Crippen LogP contribution in [0, 0.1) is 6.92 Å². The number of likely N-dealkylation sites (tertiary alicyclic amines) is 1. The van der Waals surface area contributed by atoms with Gasteiger partial charge in [0.2, 0.25) is 5.91 Å². The number of carboxylic acids is 1. The number of nitrogens with one attached hydrogen (secondary N) is 1. The summed E-state index contributed by atoms with van der Waals surface area (Å²) in [5, 5.41) is 29.3. The zero-order valence-electron chi connectivity index (χ0n) is 16.3. The summed E-state index contributed by atoms with van der Waals surface area (Å²) >= 11 is 5.59. The number of benzene rings is 1. The molecule has 1 aromatic carbocycles. The van der Waals surface area contributed by atoms with E-state index in [1.807, 2.05) is 6.92 Å². The summed E-state index contributed by atoms with van der Waals surface area (Å²) in [7, 11) is 0. The maximum Gasteiger partial charge on any atom is 0.407 e. The Labute approximate surface area is 177 Å². The van der Waals surface area contributed by atoms with Crippen molar-refractivity contribution in [3.63, 3.8) is 0 Å². The number of carbonyl (C=O) groups is 4. The van der Waals surface area contributed by atoms with Crippen molar-refractivity contribution in [1.29, 1.82) is 0 Å². The monoisotopic (exact) mass is 446 g/mol. The van der Waals surface area contributed by atoms with Gasteiger partial charge >= 0.3 is 12.1 Å². The van der Waals surface area contributed by atoms with Crippen molar-refractivity contribution in [2.24, 2.45) is 0 Å². The quantitative estimate of drug-likeness (QED) is 0.525. The third kappa shape index (κ3) is 8.24. The highest BCUT2D eigenvalue weighted by molar-refractivity contribution is 6.30. The second-order valence-corrected chi connectivity index (χ2v) is 7.17. The summed E-state index contributed by atoms with van der Waals surface area (Å²) < 4.78 is 12.4. The van der Waals surface area contributed by atoms with Crippen molar-refractivity contribution < 1.29 is 38.9 Å². The number of hydrogen-bond donors (Lipinski definition) is 4. The van der Waals surface area contributed by atoms with Crippen molar-refractivity contribution >= 4 is 35.4 Å². The standard InChI is InChI=1S/C12H17FN2O6.C7H7ClO/c13-6-9(16)7(5-10(17)18)14-11(19)8-3-1-2-4-15(8)12(20)21;1-5-2-6(8)4-7(9)3-5/h7-8H,1-6H2,(H,14,19)(H,17,18)(H,20,21);2-4,9H,1H3. The van der Waals surface area contributed by atoms with Gasteiger partial charge in [-0.2, -0.15) is 0 Å². The predicted molar refractivity (Wildman–Crippen MR) is 105 cm³/mol. The Kier molecular flexibility index (Phi) is 10.0. The molecule has 1 fully saturated rings. The molecule has 0 aromatic heterocycles. The molecule has 1 heterocycles. The topological polar surface area (TPSA) is 144 Å². The van der Waals surface area contributed by atoms with Gasteiger partial charge in [0, 0.05) is 11.6 Å². The van der Waals surface area contributed by atoms with Crippen molar-refractivity contribution in [3.8, 4) is 5.75 Å². The van der Waals surface area contributed by atoms with Gasteiger partial charge in [-0.1, -0.05) is 11.6 Å². The number of halogens is 2. The first kappa shape index (κ1) is 25.2. The van der Waals surface area contributed by atoms with Crippen molar-refractivity contribution in [3.05, 3.63) is 28.8 Å². The minimum atomic E-state index is -1.49. The van der Waals surface area contributed by atoms with Gasteiger partial charge in [-0.15, -0.1) is 0 Å². The molecule has 2 amide bonds. The van der Waals surface area contributed by atoms with Gasteiger partial charge in [0.25, 0.3) is 0 Å². The fraction of sp³-hybridized carbons (Fsp3) is 0.474. The first-order chi connectivity index (χ1) is 14.0. The molecule has 166 valence electrons. The van der Waals surface area contributed by atoms with Crippen molar-refractivity contribution in [1.82, 2.24) is 10.2 Å². The summed E-state index contributed by atoms with van der Waals surface area (Å²) in [6, 6.07) is 2.49. The molecule has 30 heavy (non-hydrogen) atoms. The van der Waals surface area contributed by atoms with E-state index >= 15 is 0 Å².